The van der Waals surface area contributed by atoms with Gasteiger partial charge in [-0.15, -0.1) is 0 Å². The lowest BCUT2D eigenvalue weighted by Crippen LogP contribution is -2.46. The minimum Gasteiger partial charge on any atom is -0.462 e. The van der Waals surface area contributed by atoms with Crippen LogP contribution >= 0.6 is 0 Å². The minimum absolute atomic E-state index is 0.0522. The van der Waals surface area contributed by atoms with Gasteiger partial charge in [-0.1, -0.05) is 217 Å². The van der Waals surface area contributed by atoms with Gasteiger partial charge in [0.05, 0.1) is 25.2 Å². The van der Waals surface area contributed by atoms with Gasteiger partial charge in [-0.2, -0.15) is 0 Å². The predicted octanol–water partition coefficient (Wildman–Crippen LogP) is 15.5. The second-order valence-corrected chi connectivity index (χ2v) is 17.6. The molecule has 3 N–H and O–H groups in total. The van der Waals surface area contributed by atoms with Crippen molar-refractivity contribution < 1.29 is 24.5 Å². The molecule has 0 radical (unpaired) electrons. The van der Waals surface area contributed by atoms with E-state index >= 15 is 0 Å². The molecule has 6 heteroatoms. The smallest absolute Gasteiger partial charge is 0.306 e. The number of aliphatic hydroxyl groups is 2. The van der Waals surface area contributed by atoms with Crippen LogP contribution in [0.3, 0.4) is 0 Å². The molecule has 0 heterocycles. The molecule has 0 bridgehead atoms. The van der Waals surface area contributed by atoms with Gasteiger partial charge in [0.15, 0.2) is 0 Å². The second-order valence-electron chi connectivity index (χ2n) is 17.6. The van der Waals surface area contributed by atoms with Gasteiger partial charge in [-0.3, -0.25) is 9.59 Å². The molecule has 0 aliphatic heterocycles. The van der Waals surface area contributed by atoms with Crippen molar-refractivity contribution >= 4 is 11.9 Å². The first-order valence-electron chi connectivity index (χ1n) is 25.9. The molecule has 0 aliphatic carbocycles. The molecule has 350 valence electrons. The number of carbonyl (C=O) groups excluding carboxylic acids is 2. The van der Waals surface area contributed by atoms with Gasteiger partial charge in [0.2, 0.25) is 5.91 Å². The molecule has 1 amide bonds. The van der Waals surface area contributed by atoms with Gasteiger partial charge in [0.25, 0.3) is 0 Å². The van der Waals surface area contributed by atoms with Crippen molar-refractivity contribution in [2.24, 2.45) is 0 Å². The van der Waals surface area contributed by atoms with E-state index in [4.69, 9.17) is 4.74 Å². The number of allylic oxidation sites excluding steroid dienone is 8. The van der Waals surface area contributed by atoms with E-state index in [1.807, 2.05) is 0 Å². The second kappa shape index (κ2) is 47.9. The van der Waals surface area contributed by atoms with Crippen LogP contribution in [0.15, 0.2) is 48.6 Å². The van der Waals surface area contributed by atoms with Crippen molar-refractivity contribution in [3.63, 3.8) is 0 Å². The average molecular weight is 842 g/mol. The summed E-state index contributed by atoms with van der Waals surface area (Å²) >= 11 is 0. The highest BCUT2D eigenvalue weighted by Crippen LogP contribution is 2.17. The lowest BCUT2D eigenvalue weighted by atomic mass is 10.0. The SMILES string of the molecule is CCCCC/C=C\CCCCCCCC(=O)OC(CCCCC/C=C/C=C/C=C/CCCCCCC)CC(=O)NC(CO)C(O)CCCCCCCCCCCCCCC. The summed E-state index contributed by atoms with van der Waals surface area (Å²) < 4.78 is 5.91. The molecule has 0 saturated heterocycles. The predicted molar refractivity (Wildman–Crippen MR) is 259 cm³/mol. The van der Waals surface area contributed by atoms with Crippen molar-refractivity contribution in [2.75, 3.05) is 6.61 Å². The standard InChI is InChI=1S/C54H99NO5/c1-4-7-10-13-16-19-22-25-26-27-29-30-33-36-39-42-45-50(60-54(59)47-44-41-38-35-32-24-21-18-15-12-9-6-3)48-53(58)55-51(49-56)52(57)46-43-40-37-34-31-28-23-20-17-14-11-8-5-2/h18,21-22,25-27,29-30,50-52,56-57H,4-17,19-20,23-24,28,31-49H2,1-3H3,(H,55,58)/b21-18-,25-22+,27-26+,30-29+. The molecule has 0 spiro atoms. The summed E-state index contributed by atoms with van der Waals surface area (Å²) in [6, 6.07) is -0.713. The van der Waals surface area contributed by atoms with Crippen LogP contribution in [0.25, 0.3) is 0 Å². The van der Waals surface area contributed by atoms with E-state index in [9.17, 15) is 19.8 Å². The summed E-state index contributed by atoms with van der Waals surface area (Å²) in [5.74, 6) is -0.514. The van der Waals surface area contributed by atoms with Crippen molar-refractivity contribution in [1.82, 2.24) is 5.32 Å². The van der Waals surface area contributed by atoms with E-state index in [1.165, 1.54) is 135 Å². The van der Waals surface area contributed by atoms with E-state index in [0.29, 0.717) is 19.3 Å². The van der Waals surface area contributed by atoms with E-state index in [-0.39, 0.29) is 24.9 Å². The largest absolute Gasteiger partial charge is 0.462 e. The van der Waals surface area contributed by atoms with E-state index in [2.05, 4.69) is 74.7 Å². The Morgan fingerprint density at radius 3 is 1.37 bits per heavy atom. The third-order valence-corrected chi connectivity index (χ3v) is 11.7. The van der Waals surface area contributed by atoms with Crippen molar-refractivity contribution in [1.29, 1.82) is 0 Å². The molecular weight excluding hydrogens is 743 g/mol. The summed E-state index contributed by atoms with van der Waals surface area (Å²) in [6.07, 6.45) is 57.4. The van der Waals surface area contributed by atoms with E-state index in [1.54, 1.807) is 0 Å². The quantitative estimate of drug-likeness (QED) is 0.0246. The Balaban J connectivity index is 4.66. The minimum atomic E-state index is -0.797. The Morgan fingerprint density at radius 2 is 0.867 bits per heavy atom. The van der Waals surface area contributed by atoms with Crippen molar-refractivity contribution in [2.45, 2.75) is 277 Å². The molecule has 60 heavy (non-hydrogen) atoms. The number of hydrogen-bond acceptors (Lipinski definition) is 5. The fraction of sp³-hybridized carbons (Fsp3) is 0.815. The molecule has 6 nitrogen and oxygen atoms in total. The summed E-state index contributed by atoms with van der Waals surface area (Å²) in [6.45, 7) is 6.44. The highest BCUT2D eigenvalue weighted by molar-refractivity contribution is 5.77. The monoisotopic (exact) mass is 842 g/mol. The fourth-order valence-corrected chi connectivity index (χ4v) is 7.72. The number of carbonyl (C=O) groups is 2. The summed E-state index contributed by atoms with van der Waals surface area (Å²) in [5, 5.41) is 23.8. The van der Waals surface area contributed by atoms with Gasteiger partial charge in [-0.05, 0) is 77.0 Å². The number of unbranched alkanes of at least 4 members (excludes halogenated alkanes) is 28. The first kappa shape index (κ1) is 57.8. The first-order chi connectivity index (χ1) is 29.5. The third kappa shape index (κ3) is 42.5. The number of nitrogens with one attached hydrogen (secondary N) is 1. The number of hydrogen-bond donors (Lipinski definition) is 3. The van der Waals surface area contributed by atoms with Crippen LogP contribution in [0.5, 0.6) is 0 Å². The number of esters is 1. The maximum atomic E-state index is 13.2. The Morgan fingerprint density at radius 1 is 0.483 bits per heavy atom. The Labute approximate surface area is 372 Å². The lowest BCUT2D eigenvalue weighted by Gasteiger charge is -2.24. The van der Waals surface area contributed by atoms with Crippen LogP contribution in [0.1, 0.15) is 258 Å². The summed E-state index contributed by atoms with van der Waals surface area (Å²) in [4.78, 5) is 26.1. The topological polar surface area (TPSA) is 95.9 Å². The van der Waals surface area contributed by atoms with Crippen molar-refractivity contribution in [3.8, 4) is 0 Å². The fourth-order valence-electron chi connectivity index (χ4n) is 7.72. The van der Waals surface area contributed by atoms with Gasteiger partial charge in [0, 0.05) is 6.42 Å². The van der Waals surface area contributed by atoms with Gasteiger partial charge < -0.3 is 20.3 Å². The lowest BCUT2D eigenvalue weighted by molar-refractivity contribution is -0.151. The summed E-state index contributed by atoms with van der Waals surface area (Å²) in [5.41, 5.74) is 0. The maximum Gasteiger partial charge on any atom is 0.306 e. The Bertz CT molecular complexity index is 1040. The zero-order valence-electron chi connectivity index (χ0n) is 39.8. The Kier molecular flexibility index (Phi) is 46.1. The molecule has 3 unspecified atom stereocenters. The van der Waals surface area contributed by atoms with Crippen LogP contribution in [-0.2, 0) is 14.3 Å². The molecule has 0 aromatic carbocycles. The van der Waals surface area contributed by atoms with Gasteiger partial charge in [0.1, 0.15) is 6.10 Å². The Hall–Kier alpha value is -2.18. The van der Waals surface area contributed by atoms with Gasteiger partial charge in [-0.25, -0.2) is 0 Å². The zero-order chi connectivity index (χ0) is 43.8. The number of aliphatic hydroxyl groups excluding tert-OH is 2. The number of ether oxygens (including phenoxy) is 1. The normalized spacial score (nSPS) is 13.6. The molecule has 0 aromatic heterocycles. The van der Waals surface area contributed by atoms with E-state index < -0.39 is 18.2 Å². The zero-order valence-corrected chi connectivity index (χ0v) is 39.8. The third-order valence-electron chi connectivity index (χ3n) is 11.7. The molecule has 0 saturated carbocycles. The van der Waals surface area contributed by atoms with Crippen LogP contribution in [-0.4, -0.2) is 46.9 Å². The van der Waals surface area contributed by atoms with Crippen LogP contribution in [0, 0.1) is 0 Å². The molecule has 0 fully saturated rings. The number of amides is 1. The molecule has 3 atom stereocenters. The molecule has 0 rings (SSSR count). The highest BCUT2D eigenvalue weighted by atomic mass is 16.5. The first-order valence-corrected chi connectivity index (χ1v) is 25.9. The molecule has 0 aromatic rings. The van der Waals surface area contributed by atoms with Crippen LogP contribution in [0.2, 0.25) is 0 Å². The number of rotatable bonds is 46. The summed E-state index contributed by atoms with van der Waals surface area (Å²) in [7, 11) is 0. The average Bonchev–Trinajstić information content (AvgIpc) is 3.24. The van der Waals surface area contributed by atoms with E-state index in [0.717, 1.165) is 77.0 Å². The van der Waals surface area contributed by atoms with Crippen molar-refractivity contribution in [3.05, 3.63) is 48.6 Å². The van der Waals surface area contributed by atoms with Crippen LogP contribution < -0.4 is 5.32 Å². The molecular formula is C54H99NO5. The maximum absolute atomic E-state index is 13.2. The van der Waals surface area contributed by atoms with Crippen LogP contribution in [0.4, 0.5) is 0 Å². The molecule has 0 aliphatic rings. The highest BCUT2D eigenvalue weighted by Gasteiger charge is 2.24. The van der Waals surface area contributed by atoms with Gasteiger partial charge >= 0.3 is 5.97 Å².